The summed E-state index contributed by atoms with van der Waals surface area (Å²) in [7, 11) is -3.46. The first-order valence-corrected chi connectivity index (χ1v) is 6.04. The molecule has 0 saturated carbocycles. The van der Waals surface area contributed by atoms with E-state index in [4.69, 9.17) is 11.6 Å². The molecular formula is C6H5ClN2O2S2. The molecule has 0 bridgehead atoms. The van der Waals surface area contributed by atoms with E-state index in [0.717, 1.165) is 11.3 Å². The normalized spacial score (nSPS) is 18.8. The van der Waals surface area contributed by atoms with Crippen molar-refractivity contribution in [1.82, 2.24) is 4.83 Å². The Balaban J connectivity index is 2.78. The molecule has 0 aliphatic carbocycles. The molecule has 0 fully saturated rings. The fourth-order valence-electron chi connectivity index (χ4n) is 1.03. The fourth-order valence-corrected chi connectivity index (χ4v) is 3.83. The Hall–Kier alpha value is -0.590. The van der Waals surface area contributed by atoms with E-state index in [-0.39, 0.29) is 4.21 Å². The zero-order chi connectivity index (χ0) is 9.64. The lowest BCUT2D eigenvalue weighted by Gasteiger charge is -2.10. The Morgan fingerprint density at radius 3 is 2.92 bits per heavy atom. The summed E-state index contributed by atoms with van der Waals surface area (Å²) in [5.41, 5.74) is 1.22. The lowest BCUT2D eigenvalue weighted by molar-refractivity contribution is 0.585. The van der Waals surface area contributed by atoms with Crippen LogP contribution in [0.1, 0.15) is 12.5 Å². The summed E-state index contributed by atoms with van der Waals surface area (Å²) < 4.78 is 23.4. The summed E-state index contributed by atoms with van der Waals surface area (Å²) in [5, 5.41) is 3.66. The Bertz CT molecular complexity index is 489. The number of thiophene rings is 1. The van der Waals surface area contributed by atoms with Crippen molar-refractivity contribution in [2.75, 3.05) is 0 Å². The standard InChI is InChI=1S/C6H5ClN2O2S2/c1-3-4-2-5(7)12-6(4)13(10,11)9-8-3/h2,9H,1H3. The third-order valence-electron chi connectivity index (χ3n) is 1.64. The van der Waals surface area contributed by atoms with Crippen molar-refractivity contribution in [3.63, 3.8) is 0 Å². The molecule has 0 radical (unpaired) electrons. The van der Waals surface area contributed by atoms with E-state index in [1.54, 1.807) is 13.0 Å². The molecule has 1 aliphatic heterocycles. The van der Waals surface area contributed by atoms with E-state index in [1.165, 1.54) is 0 Å². The van der Waals surface area contributed by atoms with Crippen molar-refractivity contribution in [3.05, 3.63) is 16.0 Å². The summed E-state index contributed by atoms with van der Waals surface area (Å²) in [6, 6.07) is 1.61. The Kier molecular flexibility index (Phi) is 1.86. The number of halogens is 1. The summed E-state index contributed by atoms with van der Waals surface area (Å²) >= 11 is 6.75. The molecular weight excluding hydrogens is 232 g/mol. The minimum absolute atomic E-state index is 0.241. The quantitative estimate of drug-likeness (QED) is 0.741. The molecule has 0 atom stereocenters. The van der Waals surface area contributed by atoms with Gasteiger partial charge in [-0.05, 0) is 13.0 Å². The van der Waals surface area contributed by atoms with Crippen LogP contribution in [0.5, 0.6) is 0 Å². The number of hydrogen-bond acceptors (Lipinski definition) is 4. The molecule has 2 rings (SSSR count). The first-order chi connectivity index (χ1) is 6.00. The minimum Gasteiger partial charge on any atom is -0.199 e. The van der Waals surface area contributed by atoms with E-state index >= 15 is 0 Å². The molecule has 7 heteroatoms. The minimum atomic E-state index is -3.46. The van der Waals surface area contributed by atoms with Gasteiger partial charge in [0.05, 0.1) is 10.0 Å². The third kappa shape index (κ3) is 1.34. The molecule has 1 aliphatic rings. The van der Waals surface area contributed by atoms with E-state index in [2.05, 4.69) is 9.93 Å². The zero-order valence-electron chi connectivity index (χ0n) is 6.54. The van der Waals surface area contributed by atoms with Crippen LogP contribution in [-0.4, -0.2) is 14.1 Å². The Labute approximate surface area is 84.3 Å². The third-order valence-corrected chi connectivity index (χ3v) is 4.64. The maximum absolute atomic E-state index is 11.4. The van der Waals surface area contributed by atoms with Gasteiger partial charge in [0.15, 0.2) is 4.21 Å². The van der Waals surface area contributed by atoms with E-state index in [0.29, 0.717) is 15.6 Å². The van der Waals surface area contributed by atoms with Crippen molar-refractivity contribution in [2.24, 2.45) is 5.10 Å². The van der Waals surface area contributed by atoms with Crippen LogP contribution in [0.15, 0.2) is 15.4 Å². The highest BCUT2D eigenvalue weighted by Crippen LogP contribution is 2.32. The van der Waals surface area contributed by atoms with Crippen LogP contribution >= 0.6 is 22.9 Å². The molecule has 2 heterocycles. The van der Waals surface area contributed by atoms with Crippen molar-refractivity contribution < 1.29 is 8.42 Å². The molecule has 0 spiro atoms. The number of sulfonamides is 1. The number of hydrogen-bond donors (Lipinski definition) is 1. The number of nitrogens with zero attached hydrogens (tertiary/aromatic N) is 1. The number of hydrazone groups is 1. The van der Waals surface area contributed by atoms with Gasteiger partial charge in [0.25, 0.3) is 10.0 Å². The fraction of sp³-hybridized carbons (Fsp3) is 0.167. The van der Waals surface area contributed by atoms with Crippen LogP contribution in [0, 0.1) is 0 Å². The van der Waals surface area contributed by atoms with Gasteiger partial charge in [-0.2, -0.15) is 18.4 Å². The highest BCUT2D eigenvalue weighted by molar-refractivity contribution is 7.91. The molecule has 0 aromatic carbocycles. The summed E-state index contributed by atoms with van der Waals surface area (Å²) in [4.78, 5) is 2.09. The van der Waals surface area contributed by atoms with Gasteiger partial charge in [0, 0.05) is 5.56 Å². The van der Waals surface area contributed by atoms with E-state index in [1.807, 2.05) is 0 Å². The predicted octanol–water partition coefficient (Wildman–Crippen LogP) is 1.42. The van der Waals surface area contributed by atoms with Crippen molar-refractivity contribution in [3.8, 4) is 0 Å². The predicted molar refractivity (Wildman–Crippen MR) is 51.9 cm³/mol. The van der Waals surface area contributed by atoms with Gasteiger partial charge in [-0.15, -0.1) is 11.3 Å². The first kappa shape index (κ1) is 8.98. The van der Waals surface area contributed by atoms with E-state index < -0.39 is 10.0 Å². The molecule has 4 nitrogen and oxygen atoms in total. The monoisotopic (exact) mass is 236 g/mol. The van der Waals surface area contributed by atoms with Gasteiger partial charge in [0.2, 0.25) is 0 Å². The maximum Gasteiger partial charge on any atom is 0.286 e. The van der Waals surface area contributed by atoms with Crippen molar-refractivity contribution in [2.45, 2.75) is 11.1 Å². The highest BCUT2D eigenvalue weighted by atomic mass is 35.5. The summed E-state index contributed by atoms with van der Waals surface area (Å²) in [5.74, 6) is 0. The smallest absolute Gasteiger partial charge is 0.199 e. The van der Waals surface area contributed by atoms with Crippen LogP contribution < -0.4 is 4.83 Å². The van der Waals surface area contributed by atoms with Crippen LogP contribution in [0.4, 0.5) is 0 Å². The van der Waals surface area contributed by atoms with Crippen molar-refractivity contribution >= 4 is 38.7 Å². The van der Waals surface area contributed by atoms with Gasteiger partial charge in [-0.1, -0.05) is 11.6 Å². The SMILES string of the molecule is CC1=NNS(=O)(=O)c2sc(Cl)cc21. The first-order valence-electron chi connectivity index (χ1n) is 3.36. The van der Waals surface area contributed by atoms with Crippen molar-refractivity contribution in [1.29, 1.82) is 0 Å². The average molecular weight is 237 g/mol. The lowest BCUT2D eigenvalue weighted by Crippen LogP contribution is -2.24. The number of fused-ring (bicyclic) bond motifs is 1. The second-order valence-corrected chi connectivity index (χ2v) is 6.08. The van der Waals surface area contributed by atoms with Crippen LogP contribution in [-0.2, 0) is 10.0 Å². The van der Waals surface area contributed by atoms with Crippen LogP contribution in [0.2, 0.25) is 4.34 Å². The molecule has 13 heavy (non-hydrogen) atoms. The topological polar surface area (TPSA) is 58.5 Å². The summed E-state index contributed by atoms with van der Waals surface area (Å²) in [6.07, 6.45) is 0. The molecule has 1 aromatic heterocycles. The highest BCUT2D eigenvalue weighted by Gasteiger charge is 2.26. The molecule has 70 valence electrons. The molecule has 0 unspecified atom stereocenters. The Morgan fingerprint density at radius 2 is 2.31 bits per heavy atom. The van der Waals surface area contributed by atoms with Gasteiger partial charge in [-0.25, -0.2) is 0 Å². The number of rotatable bonds is 0. The van der Waals surface area contributed by atoms with Gasteiger partial charge in [0.1, 0.15) is 0 Å². The molecule has 0 saturated heterocycles. The van der Waals surface area contributed by atoms with Gasteiger partial charge < -0.3 is 0 Å². The second kappa shape index (κ2) is 2.70. The molecule has 1 aromatic rings. The molecule has 1 N–H and O–H groups in total. The number of nitrogens with one attached hydrogen (secondary N) is 1. The van der Waals surface area contributed by atoms with Crippen LogP contribution in [0.25, 0.3) is 0 Å². The van der Waals surface area contributed by atoms with Crippen LogP contribution in [0.3, 0.4) is 0 Å². The largest absolute Gasteiger partial charge is 0.286 e. The van der Waals surface area contributed by atoms with Gasteiger partial charge >= 0.3 is 0 Å². The summed E-state index contributed by atoms with van der Waals surface area (Å²) in [6.45, 7) is 1.73. The maximum atomic E-state index is 11.4. The molecule has 0 amide bonds. The average Bonchev–Trinajstić information content (AvgIpc) is 2.42. The lowest BCUT2D eigenvalue weighted by atomic mass is 10.2. The second-order valence-electron chi connectivity index (χ2n) is 2.54. The van der Waals surface area contributed by atoms with E-state index in [9.17, 15) is 8.42 Å². The Morgan fingerprint density at radius 1 is 1.62 bits per heavy atom. The van der Waals surface area contributed by atoms with Gasteiger partial charge in [-0.3, -0.25) is 0 Å². The zero-order valence-corrected chi connectivity index (χ0v) is 8.92.